The Morgan fingerprint density at radius 1 is 1.70 bits per heavy atom. The van der Waals surface area contributed by atoms with Gasteiger partial charge < -0.3 is 0 Å². The standard InChI is InChI=1S/C8H8OS/c1-5-4-7-6(8(5)9)2-3-10-7/h2-3,5H,4H2,1H3. The summed E-state index contributed by atoms with van der Waals surface area (Å²) in [5.74, 6) is 0.568. The van der Waals surface area contributed by atoms with Crippen LogP contribution in [0.2, 0.25) is 0 Å². The zero-order valence-electron chi connectivity index (χ0n) is 5.76. The van der Waals surface area contributed by atoms with Crippen LogP contribution in [0.1, 0.15) is 22.2 Å². The fourth-order valence-electron chi connectivity index (χ4n) is 1.35. The van der Waals surface area contributed by atoms with E-state index in [0.717, 1.165) is 12.0 Å². The molecule has 1 nitrogen and oxygen atoms in total. The molecule has 1 atom stereocenters. The fraction of sp³-hybridized carbons (Fsp3) is 0.375. The van der Waals surface area contributed by atoms with Gasteiger partial charge in [-0.1, -0.05) is 6.92 Å². The number of ketones is 1. The van der Waals surface area contributed by atoms with Crippen LogP contribution in [0.25, 0.3) is 0 Å². The van der Waals surface area contributed by atoms with Crippen molar-refractivity contribution in [3.05, 3.63) is 21.9 Å². The predicted molar refractivity (Wildman–Crippen MR) is 41.5 cm³/mol. The highest BCUT2D eigenvalue weighted by molar-refractivity contribution is 7.10. The Morgan fingerprint density at radius 2 is 2.50 bits per heavy atom. The van der Waals surface area contributed by atoms with Crippen LogP contribution in [0.4, 0.5) is 0 Å². The molecule has 0 bridgehead atoms. The largest absolute Gasteiger partial charge is 0.294 e. The Kier molecular flexibility index (Phi) is 1.17. The highest BCUT2D eigenvalue weighted by atomic mass is 32.1. The highest BCUT2D eigenvalue weighted by Crippen LogP contribution is 2.30. The molecule has 1 aromatic heterocycles. The van der Waals surface area contributed by atoms with Crippen molar-refractivity contribution in [3.8, 4) is 0 Å². The van der Waals surface area contributed by atoms with E-state index in [0.29, 0.717) is 5.78 Å². The van der Waals surface area contributed by atoms with Crippen LogP contribution in [0.3, 0.4) is 0 Å². The minimum Gasteiger partial charge on any atom is -0.294 e. The van der Waals surface area contributed by atoms with E-state index in [1.807, 2.05) is 18.4 Å². The Balaban J connectivity index is 2.53. The van der Waals surface area contributed by atoms with E-state index in [2.05, 4.69) is 0 Å². The molecule has 0 amide bonds. The fourth-order valence-corrected chi connectivity index (χ4v) is 2.36. The van der Waals surface area contributed by atoms with Crippen molar-refractivity contribution in [3.63, 3.8) is 0 Å². The molecule has 2 rings (SSSR count). The normalized spacial score (nSPS) is 23.3. The van der Waals surface area contributed by atoms with Crippen LogP contribution < -0.4 is 0 Å². The first kappa shape index (κ1) is 6.10. The summed E-state index contributed by atoms with van der Waals surface area (Å²) in [6, 6.07) is 1.94. The Bertz CT molecular complexity index is 275. The van der Waals surface area contributed by atoms with Crippen LogP contribution in [0.15, 0.2) is 11.4 Å². The summed E-state index contributed by atoms with van der Waals surface area (Å²) in [7, 11) is 0. The lowest BCUT2D eigenvalue weighted by molar-refractivity contribution is 0.0946. The topological polar surface area (TPSA) is 17.1 Å². The lowest BCUT2D eigenvalue weighted by atomic mass is 10.1. The molecule has 0 N–H and O–H groups in total. The van der Waals surface area contributed by atoms with Crippen molar-refractivity contribution in [1.29, 1.82) is 0 Å². The quantitative estimate of drug-likeness (QED) is 0.556. The van der Waals surface area contributed by atoms with Gasteiger partial charge in [0.1, 0.15) is 0 Å². The van der Waals surface area contributed by atoms with E-state index in [1.54, 1.807) is 11.3 Å². The molecule has 0 aliphatic heterocycles. The van der Waals surface area contributed by atoms with Gasteiger partial charge >= 0.3 is 0 Å². The average Bonchev–Trinajstić information content (AvgIpc) is 2.41. The Morgan fingerprint density at radius 3 is 3.20 bits per heavy atom. The zero-order valence-corrected chi connectivity index (χ0v) is 6.57. The first-order chi connectivity index (χ1) is 4.79. The van der Waals surface area contributed by atoms with Crippen molar-refractivity contribution in [2.45, 2.75) is 13.3 Å². The summed E-state index contributed by atoms with van der Waals surface area (Å²) in [6.45, 7) is 2.00. The molecule has 0 radical (unpaired) electrons. The third kappa shape index (κ3) is 0.655. The summed E-state index contributed by atoms with van der Waals surface area (Å²) < 4.78 is 0. The minimum atomic E-state index is 0.238. The maximum absolute atomic E-state index is 11.3. The van der Waals surface area contributed by atoms with Gasteiger partial charge in [-0.25, -0.2) is 0 Å². The molecule has 2 heteroatoms. The molecular formula is C8H8OS. The van der Waals surface area contributed by atoms with Gasteiger partial charge in [-0.15, -0.1) is 11.3 Å². The minimum absolute atomic E-state index is 0.238. The molecule has 0 fully saturated rings. The summed E-state index contributed by atoms with van der Waals surface area (Å²) in [5.41, 5.74) is 0.970. The maximum atomic E-state index is 11.3. The smallest absolute Gasteiger partial charge is 0.167 e. The van der Waals surface area contributed by atoms with Crippen LogP contribution >= 0.6 is 11.3 Å². The third-order valence-corrected chi connectivity index (χ3v) is 2.89. The third-order valence-electron chi connectivity index (χ3n) is 1.95. The molecule has 1 heterocycles. The second kappa shape index (κ2) is 1.92. The molecule has 1 aliphatic rings. The number of carbonyl (C=O) groups excluding carboxylic acids is 1. The molecule has 0 aromatic carbocycles. The molecule has 1 unspecified atom stereocenters. The van der Waals surface area contributed by atoms with Crippen molar-refractivity contribution in [2.24, 2.45) is 5.92 Å². The van der Waals surface area contributed by atoms with Gasteiger partial charge in [0.25, 0.3) is 0 Å². The van der Waals surface area contributed by atoms with Crippen molar-refractivity contribution < 1.29 is 4.79 Å². The van der Waals surface area contributed by atoms with Gasteiger partial charge in [-0.3, -0.25) is 4.79 Å². The van der Waals surface area contributed by atoms with Crippen LogP contribution in [0, 0.1) is 5.92 Å². The van der Waals surface area contributed by atoms with Gasteiger partial charge in [0, 0.05) is 16.4 Å². The number of Topliss-reactive ketones (excluding diaryl/α,β-unsaturated/α-hetero) is 1. The lowest BCUT2D eigenvalue weighted by Crippen LogP contribution is -2.02. The predicted octanol–water partition coefficient (Wildman–Crippen LogP) is 2.12. The van der Waals surface area contributed by atoms with Crippen molar-refractivity contribution >= 4 is 17.1 Å². The van der Waals surface area contributed by atoms with Crippen LogP contribution in [-0.4, -0.2) is 5.78 Å². The number of thiophene rings is 1. The van der Waals surface area contributed by atoms with Crippen molar-refractivity contribution in [2.75, 3.05) is 0 Å². The lowest BCUT2D eigenvalue weighted by Gasteiger charge is -1.93. The van der Waals surface area contributed by atoms with Gasteiger partial charge in [-0.2, -0.15) is 0 Å². The molecule has 0 spiro atoms. The van der Waals surface area contributed by atoms with E-state index in [4.69, 9.17) is 0 Å². The molecule has 1 aromatic rings. The first-order valence-electron chi connectivity index (χ1n) is 3.39. The van der Waals surface area contributed by atoms with Crippen LogP contribution in [-0.2, 0) is 6.42 Å². The summed E-state index contributed by atoms with van der Waals surface area (Å²) in [6.07, 6.45) is 0.964. The summed E-state index contributed by atoms with van der Waals surface area (Å²) in [4.78, 5) is 12.5. The average molecular weight is 152 g/mol. The number of hydrogen-bond acceptors (Lipinski definition) is 2. The first-order valence-corrected chi connectivity index (χ1v) is 4.27. The summed E-state index contributed by atoms with van der Waals surface area (Å²) >= 11 is 1.70. The molecular weight excluding hydrogens is 144 g/mol. The summed E-state index contributed by atoms with van der Waals surface area (Å²) in [5, 5.41) is 1.99. The Labute approximate surface area is 63.7 Å². The van der Waals surface area contributed by atoms with Gasteiger partial charge in [0.05, 0.1) is 0 Å². The molecule has 52 valence electrons. The van der Waals surface area contributed by atoms with E-state index in [-0.39, 0.29) is 5.92 Å². The number of fused-ring (bicyclic) bond motifs is 1. The second-order valence-corrected chi connectivity index (χ2v) is 3.73. The van der Waals surface area contributed by atoms with E-state index in [1.165, 1.54) is 4.88 Å². The van der Waals surface area contributed by atoms with Crippen LogP contribution in [0.5, 0.6) is 0 Å². The Hall–Kier alpha value is -0.630. The van der Waals surface area contributed by atoms with Gasteiger partial charge in [0.2, 0.25) is 0 Å². The molecule has 10 heavy (non-hydrogen) atoms. The number of hydrogen-bond donors (Lipinski definition) is 0. The van der Waals surface area contributed by atoms with Gasteiger partial charge in [0.15, 0.2) is 5.78 Å². The van der Waals surface area contributed by atoms with Gasteiger partial charge in [-0.05, 0) is 17.9 Å². The van der Waals surface area contributed by atoms with E-state index in [9.17, 15) is 4.79 Å². The highest BCUT2D eigenvalue weighted by Gasteiger charge is 2.27. The zero-order chi connectivity index (χ0) is 7.14. The number of carbonyl (C=O) groups is 1. The maximum Gasteiger partial charge on any atom is 0.167 e. The van der Waals surface area contributed by atoms with E-state index >= 15 is 0 Å². The van der Waals surface area contributed by atoms with E-state index < -0.39 is 0 Å². The monoisotopic (exact) mass is 152 g/mol. The van der Waals surface area contributed by atoms with Crippen molar-refractivity contribution in [1.82, 2.24) is 0 Å². The molecule has 1 aliphatic carbocycles. The molecule has 0 saturated heterocycles. The molecule has 0 saturated carbocycles. The second-order valence-electron chi connectivity index (χ2n) is 2.73. The SMILES string of the molecule is CC1Cc2sccc2C1=O. The number of rotatable bonds is 0.